The number of aryl methyl sites for hydroxylation is 1. The molecule has 1 amide bonds. The molecule has 0 atom stereocenters. The number of hydrogen-bond donors (Lipinski definition) is 0. The van der Waals surface area contributed by atoms with E-state index in [0.29, 0.717) is 27.9 Å². The first-order chi connectivity index (χ1) is 13.3. The predicted octanol–water partition coefficient (Wildman–Crippen LogP) is 4.76. The number of carbonyl (C=O) groups is 1. The number of ether oxygens (including phenoxy) is 1. The van der Waals surface area contributed by atoms with Crippen LogP contribution in [0.4, 0.5) is 13.2 Å². The van der Waals surface area contributed by atoms with Gasteiger partial charge in [0.2, 0.25) is 0 Å². The van der Waals surface area contributed by atoms with Crippen LogP contribution in [0.15, 0.2) is 54.6 Å². The molecule has 0 saturated carbocycles. The van der Waals surface area contributed by atoms with Gasteiger partial charge in [0.1, 0.15) is 12.3 Å². The fraction of sp³-hybridized carbons (Fsp3) is 0.238. The van der Waals surface area contributed by atoms with Crippen molar-refractivity contribution in [2.24, 2.45) is 0 Å². The monoisotopic (exact) mass is 388 g/mol. The molecular weight excluding hydrogens is 369 g/mol. The Hall–Kier alpha value is -3.09. The summed E-state index contributed by atoms with van der Waals surface area (Å²) in [4.78, 5) is 18.2. The summed E-state index contributed by atoms with van der Waals surface area (Å²) in [5.74, 6) is -0.0944. The Kier molecular flexibility index (Phi) is 5.53. The highest BCUT2D eigenvalue weighted by Gasteiger charge is 2.34. The van der Waals surface area contributed by atoms with Crippen LogP contribution in [0.2, 0.25) is 0 Å². The van der Waals surface area contributed by atoms with Crippen molar-refractivity contribution < 1.29 is 22.7 Å². The number of alkyl halides is 3. The van der Waals surface area contributed by atoms with Gasteiger partial charge in [-0.1, -0.05) is 30.3 Å². The SMILES string of the molecule is COc1ccc(CN(CC(F)(F)F)C(=O)c2cc(C)nc3ccccc23)cc1. The summed E-state index contributed by atoms with van der Waals surface area (Å²) in [5.41, 5.74) is 1.93. The molecular formula is C21H19F3N2O2. The lowest BCUT2D eigenvalue weighted by Crippen LogP contribution is -2.38. The van der Waals surface area contributed by atoms with Crippen molar-refractivity contribution in [2.75, 3.05) is 13.7 Å². The second-order valence-electron chi connectivity index (χ2n) is 6.45. The van der Waals surface area contributed by atoms with E-state index in [4.69, 9.17) is 4.74 Å². The molecule has 4 nitrogen and oxygen atoms in total. The molecule has 1 heterocycles. The maximum Gasteiger partial charge on any atom is 0.406 e. The number of para-hydroxylation sites is 1. The van der Waals surface area contributed by atoms with Gasteiger partial charge in [-0.05, 0) is 36.8 Å². The van der Waals surface area contributed by atoms with Crippen LogP contribution in [0.5, 0.6) is 5.75 Å². The van der Waals surface area contributed by atoms with E-state index in [2.05, 4.69) is 4.98 Å². The largest absolute Gasteiger partial charge is 0.497 e. The average Bonchev–Trinajstić information content (AvgIpc) is 2.65. The van der Waals surface area contributed by atoms with E-state index in [9.17, 15) is 18.0 Å². The Bertz CT molecular complexity index is 985. The van der Waals surface area contributed by atoms with Crippen molar-refractivity contribution >= 4 is 16.8 Å². The van der Waals surface area contributed by atoms with Gasteiger partial charge < -0.3 is 9.64 Å². The molecule has 2 aromatic carbocycles. The van der Waals surface area contributed by atoms with E-state index < -0.39 is 18.6 Å². The number of methoxy groups -OCH3 is 1. The number of benzene rings is 2. The number of aromatic nitrogens is 1. The van der Waals surface area contributed by atoms with E-state index >= 15 is 0 Å². The molecule has 0 unspecified atom stereocenters. The maximum absolute atomic E-state index is 13.2. The number of carbonyl (C=O) groups excluding carboxylic acids is 1. The number of nitrogens with zero attached hydrogens (tertiary/aromatic N) is 2. The quantitative estimate of drug-likeness (QED) is 0.633. The molecule has 0 fully saturated rings. The molecule has 3 rings (SSSR count). The maximum atomic E-state index is 13.2. The zero-order valence-corrected chi connectivity index (χ0v) is 15.5. The molecule has 0 saturated heterocycles. The molecule has 146 valence electrons. The molecule has 7 heteroatoms. The highest BCUT2D eigenvalue weighted by molar-refractivity contribution is 6.06. The van der Waals surface area contributed by atoms with E-state index in [1.807, 2.05) is 0 Å². The first kappa shape index (κ1) is 19.7. The number of halogens is 3. The number of amides is 1. The van der Waals surface area contributed by atoms with Crippen LogP contribution in [-0.4, -0.2) is 35.6 Å². The van der Waals surface area contributed by atoms with Crippen molar-refractivity contribution in [2.45, 2.75) is 19.6 Å². The number of pyridine rings is 1. The van der Waals surface area contributed by atoms with Gasteiger partial charge in [-0.15, -0.1) is 0 Å². The van der Waals surface area contributed by atoms with E-state index in [0.717, 1.165) is 4.90 Å². The Morgan fingerprint density at radius 3 is 2.43 bits per heavy atom. The Morgan fingerprint density at radius 1 is 1.11 bits per heavy atom. The van der Waals surface area contributed by atoms with Crippen LogP contribution in [0.25, 0.3) is 10.9 Å². The summed E-state index contributed by atoms with van der Waals surface area (Å²) in [6.07, 6.45) is -4.51. The molecule has 0 aliphatic heterocycles. The van der Waals surface area contributed by atoms with Gasteiger partial charge in [0.15, 0.2) is 0 Å². The standard InChI is InChI=1S/C21H19F3N2O2/c1-14-11-18(17-5-3-4-6-19(17)25-14)20(27)26(13-21(22,23)24)12-15-7-9-16(28-2)10-8-15/h3-11H,12-13H2,1-2H3. The van der Waals surface area contributed by atoms with Crippen LogP contribution in [-0.2, 0) is 6.54 Å². The van der Waals surface area contributed by atoms with Crippen molar-refractivity contribution in [1.82, 2.24) is 9.88 Å². The lowest BCUT2D eigenvalue weighted by molar-refractivity contribution is -0.141. The van der Waals surface area contributed by atoms with E-state index in [-0.39, 0.29) is 12.1 Å². The number of hydrogen-bond acceptors (Lipinski definition) is 3. The fourth-order valence-corrected chi connectivity index (χ4v) is 3.02. The number of fused-ring (bicyclic) bond motifs is 1. The smallest absolute Gasteiger partial charge is 0.406 e. The van der Waals surface area contributed by atoms with Crippen molar-refractivity contribution in [1.29, 1.82) is 0 Å². The van der Waals surface area contributed by atoms with Gasteiger partial charge in [-0.25, -0.2) is 0 Å². The molecule has 0 aliphatic rings. The lowest BCUT2D eigenvalue weighted by Gasteiger charge is -2.25. The minimum absolute atomic E-state index is 0.169. The van der Waals surface area contributed by atoms with Crippen LogP contribution >= 0.6 is 0 Å². The van der Waals surface area contributed by atoms with Crippen LogP contribution in [0.1, 0.15) is 21.6 Å². The van der Waals surface area contributed by atoms with Crippen molar-refractivity contribution in [3.8, 4) is 5.75 Å². The van der Waals surface area contributed by atoms with Crippen LogP contribution in [0, 0.1) is 6.92 Å². The highest BCUT2D eigenvalue weighted by Crippen LogP contribution is 2.24. The van der Waals surface area contributed by atoms with Gasteiger partial charge in [0, 0.05) is 17.6 Å². The van der Waals surface area contributed by atoms with Gasteiger partial charge >= 0.3 is 6.18 Å². The first-order valence-electron chi connectivity index (χ1n) is 8.62. The summed E-state index contributed by atoms with van der Waals surface area (Å²) in [6.45, 7) is 0.201. The molecule has 28 heavy (non-hydrogen) atoms. The highest BCUT2D eigenvalue weighted by atomic mass is 19.4. The average molecular weight is 388 g/mol. The predicted molar refractivity (Wildman–Crippen MR) is 100 cm³/mol. The summed E-state index contributed by atoms with van der Waals surface area (Å²) in [5, 5.41) is 0.528. The Labute approximate surface area is 160 Å². The summed E-state index contributed by atoms with van der Waals surface area (Å²) >= 11 is 0. The van der Waals surface area contributed by atoms with Crippen molar-refractivity contribution in [3.63, 3.8) is 0 Å². The molecule has 0 radical (unpaired) electrons. The topological polar surface area (TPSA) is 42.4 Å². The van der Waals surface area contributed by atoms with E-state index in [1.54, 1.807) is 55.5 Å². The molecule has 0 spiro atoms. The third kappa shape index (κ3) is 4.60. The fourth-order valence-electron chi connectivity index (χ4n) is 3.02. The van der Waals surface area contributed by atoms with Gasteiger partial charge in [-0.3, -0.25) is 9.78 Å². The molecule has 3 aromatic rings. The molecule has 0 aliphatic carbocycles. The second-order valence-corrected chi connectivity index (χ2v) is 6.45. The summed E-state index contributed by atoms with van der Waals surface area (Å²) in [6, 6.07) is 15.0. The zero-order valence-electron chi connectivity index (χ0n) is 15.5. The third-order valence-corrected chi connectivity index (χ3v) is 4.26. The van der Waals surface area contributed by atoms with Gasteiger partial charge in [-0.2, -0.15) is 13.2 Å². The molecule has 0 bridgehead atoms. The zero-order chi connectivity index (χ0) is 20.3. The van der Waals surface area contributed by atoms with E-state index in [1.165, 1.54) is 13.2 Å². The lowest BCUT2D eigenvalue weighted by atomic mass is 10.1. The van der Waals surface area contributed by atoms with Gasteiger partial charge in [0.25, 0.3) is 5.91 Å². The van der Waals surface area contributed by atoms with Crippen LogP contribution < -0.4 is 4.74 Å². The Balaban J connectivity index is 1.99. The minimum Gasteiger partial charge on any atom is -0.497 e. The first-order valence-corrected chi connectivity index (χ1v) is 8.62. The van der Waals surface area contributed by atoms with Gasteiger partial charge in [0.05, 0.1) is 18.2 Å². The minimum atomic E-state index is -4.51. The Morgan fingerprint density at radius 2 is 1.79 bits per heavy atom. The van der Waals surface area contributed by atoms with Crippen molar-refractivity contribution in [3.05, 3.63) is 71.4 Å². The second kappa shape index (κ2) is 7.88. The summed E-state index contributed by atoms with van der Waals surface area (Å²) in [7, 11) is 1.51. The van der Waals surface area contributed by atoms with Crippen LogP contribution in [0.3, 0.4) is 0 Å². The molecule has 1 aromatic heterocycles. The number of rotatable bonds is 5. The third-order valence-electron chi connectivity index (χ3n) is 4.26. The summed E-state index contributed by atoms with van der Waals surface area (Å²) < 4.78 is 44.6. The normalized spacial score (nSPS) is 11.5. The molecule has 0 N–H and O–H groups in total.